The molecular weight excluding hydrogens is 404 g/mol. The maximum atomic E-state index is 12.7. The molecule has 8 heteroatoms. The summed E-state index contributed by atoms with van der Waals surface area (Å²) in [5.41, 5.74) is 1.48. The van der Waals surface area contributed by atoms with Gasteiger partial charge in [-0.2, -0.15) is 4.31 Å². The van der Waals surface area contributed by atoms with Crippen molar-refractivity contribution in [3.8, 4) is 0 Å². The summed E-state index contributed by atoms with van der Waals surface area (Å²) in [6, 6.07) is 5.80. The molecule has 1 atom stereocenters. The van der Waals surface area contributed by atoms with Gasteiger partial charge in [0.1, 0.15) is 0 Å². The zero-order valence-corrected chi connectivity index (χ0v) is 18.2. The fourth-order valence-electron chi connectivity index (χ4n) is 3.76. The standard InChI is InChI=1S/C22H30N2O5S/c1-17(21(25)23-13-12-18-8-3-2-4-9-18)29-22(26)19-10-7-11-20(16-19)30(27,28)24-14-5-6-15-24/h7-8,10-11,16-17H,2-6,9,12-15H2,1H3,(H,23,25)/t17-/m0/s1. The molecule has 0 unspecified atom stereocenters. The molecule has 0 radical (unpaired) electrons. The van der Waals surface area contributed by atoms with E-state index in [2.05, 4.69) is 11.4 Å². The topological polar surface area (TPSA) is 92.8 Å². The van der Waals surface area contributed by atoms with Gasteiger partial charge in [-0.1, -0.05) is 17.7 Å². The van der Waals surface area contributed by atoms with Crippen molar-refractivity contribution in [1.82, 2.24) is 9.62 Å². The van der Waals surface area contributed by atoms with Crippen LogP contribution in [0.5, 0.6) is 0 Å². The van der Waals surface area contributed by atoms with Crippen molar-refractivity contribution >= 4 is 21.9 Å². The van der Waals surface area contributed by atoms with Crippen LogP contribution in [0.25, 0.3) is 0 Å². The number of ether oxygens (including phenoxy) is 1. The van der Waals surface area contributed by atoms with Gasteiger partial charge in [0.15, 0.2) is 6.10 Å². The maximum absolute atomic E-state index is 12.7. The smallest absolute Gasteiger partial charge is 0.338 e. The molecular formula is C22H30N2O5S. The summed E-state index contributed by atoms with van der Waals surface area (Å²) in [4.78, 5) is 24.8. The minimum atomic E-state index is -3.62. The predicted octanol–water partition coefficient (Wildman–Crippen LogP) is 3.02. The van der Waals surface area contributed by atoms with Gasteiger partial charge in [-0.15, -0.1) is 0 Å². The van der Waals surface area contributed by atoms with Gasteiger partial charge >= 0.3 is 5.97 Å². The summed E-state index contributed by atoms with van der Waals surface area (Å²) >= 11 is 0. The fourth-order valence-corrected chi connectivity index (χ4v) is 5.33. The molecule has 7 nitrogen and oxygen atoms in total. The predicted molar refractivity (Wildman–Crippen MR) is 113 cm³/mol. The summed E-state index contributed by atoms with van der Waals surface area (Å²) in [7, 11) is -3.62. The Bertz CT molecular complexity index is 904. The Kier molecular flexibility index (Phi) is 7.66. The molecule has 1 aromatic rings. The number of benzene rings is 1. The van der Waals surface area contributed by atoms with Crippen LogP contribution < -0.4 is 5.32 Å². The third-order valence-electron chi connectivity index (χ3n) is 5.56. The van der Waals surface area contributed by atoms with Crippen LogP contribution in [0.15, 0.2) is 40.8 Å². The minimum Gasteiger partial charge on any atom is -0.449 e. The molecule has 1 saturated heterocycles. The van der Waals surface area contributed by atoms with Crippen LogP contribution in [0.4, 0.5) is 0 Å². The molecule has 2 aliphatic rings. The first kappa shape index (κ1) is 22.5. The number of sulfonamides is 1. The van der Waals surface area contributed by atoms with E-state index in [0.29, 0.717) is 19.6 Å². The van der Waals surface area contributed by atoms with Crippen LogP contribution in [0.2, 0.25) is 0 Å². The van der Waals surface area contributed by atoms with Crippen LogP contribution in [0, 0.1) is 0 Å². The van der Waals surface area contributed by atoms with Gasteiger partial charge in [-0.05, 0) is 70.1 Å². The van der Waals surface area contributed by atoms with Gasteiger partial charge in [-0.25, -0.2) is 13.2 Å². The lowest BCUT2D eigenvalue weighted by molar-refractivity contribution is -0.129. The van der Waals surface area contributed by atoms with Crippen molar-refractivity contribution in [1.29, 1.82) is 0 Å². The lowest BCUT2D eigenvalue weighted by Crippen LogP contribution is -2.36. The van der Waals surface area contributed by atoms with E-state index in [1.165, 1.54) is 53.9 Å². The lowest BCUT2D eigenvalue weighted by Gasteiger charge is -2.17. The van der Waals surface area contributed by atoms with Gasteiger partial charge in [0.05, 0.1) is 10.5 Å². The van der Waals surface area contributed by atoms with Crippen molar-refractivity contribution in [2.45, 2.75) is 62.9 Å². The number of nitrogens with one attached hydrogen (secondary N) is 1. The lowest BCUT2D eigenvalue weighted by atomic mass is 9.97. The zero-order chi connectivity index (χ0) is 21.6. The normalized spacial score (nSPS) is 18.5. The monoisotopic (exact) mass is 434 g/mol. The number of carbonyl (C=O) groups is 2. The molecule has 0 saturated carbocycles. The molecule has 164 valence electrons. The van der Waals surface area contributed by atoms with Crippen LogP contribution in [-0.4, -0.2) is 50.3 Å². The molecule has 30 heavy (non-hydrogen) atoms. The number of rotatable bonds is 8. The van der Waals surface area contributed by atoms with Gasteiger partial charge in [-0.3, -0.25) is 4.79 Å². The van der Waals surface area contributed by atoms with Crippen molar-refractivity contribution in [2.75, 3.05) is 19.6 Å². The molecule has 1 amide bonds. The average molecular weight is 435 g/mol. The minimum absolute atomic E-state index is 0.0664. The number of esters is 1. The Labute approximate surface area is 178 Å². The SMILES string of the molecule is C[C@H](OC(=O)c1cccc(S(=O)(=O)N2CCCC2)c1)C(=O)NCCC1=CCCCC1. The number of amides is 1. The summed E-state index contributed by atoms with van der Waals surface area (Å²) in [5.74, 6) is -1.08. The number of hydrogen-bond donors (Lipinski definition) is 1. The molecule has 0 spiro atoms. The first-order valence-corrected chi connectivity index (χ1v) is 12.1. The third-order valence-corrected chi connectivity index (χ3v) is 7.45. The second kappa shape index (κ2) is 10.2. The van der Waals surface area contributed by atoms with E-state index in [1.807, 2.05) is 0 Å². The second-order valence-electron chi connectivity index (χ2n) is 7.84. The molecule has 1 aromatic carbocycles. The number of nitrogens with zero attached hydrogens (tertiary/aromatic N) is 1. The van der Waals surface area contributed by atoms with Gasteiger partial charge < -0.3 is 10.1 Å². The van der Waals surface area contributed by atoms with E-state index in [-0.39, 0.29) is 16.4 Å². The highest BCUT2D eigenvalue weighted by molar-refractivity contribution is 7.89. The van der Waals surface area contributed by atoms with Crippen LogP contribution in [0.1, 0.15) is 62.2 Å². The third kappa shape index (κ3) is 5.70. The summed E-state index contributed by atoms with van der Waals surface area (Å²) < 4.78 is 32.1. The quantitative estimate of drug-likeness (QED) is 0.501. The Morgan fingerprint density at radius 1 is 1.17 bits per heavy atom. The van der Waals surface area contributed by atoms with Crippen LogP contribution in [0.3, 0.4) is 0 Å². The largest absolute Gasteiger partial charge is 0.449 e. The zero-order valence-electron chi connectivity index (χ0n) is 17.4. The summed E-state index contributed by atoms with van der Waals surface area (Å²) in [6.45, 7) is 3.00. The second-order valence-corrected chi connectivity index (χ2v) is 9.77. The van der Waals surface area contributed by atoms with E-state index in [0.717, 1.165) is 32.1 Å². The highest BCUT2D eigenvalue weighted by Crippen LogP contribution is 2.22. The Morgan fingerprint density at radius 2 is 1.93 bits per heavy atom. The van der Waals surface area contributed by atoms with E-state index < -0.39 is 22.1 Å². The van der Waals surface area contributed by atoms with Gasteiger partial charge in [0.25, 0.3) is 5.91 Å². The highest BCUT2D eigenvalue weighted by Gasteiger charge is 2.28. The Morgan fingerprint density at radius 3 is 2.63 bits per heavy atom. The molecule has 1 aliphatic heterocycles. The van der Waals surface area contributed by atoms with Gasteiger partial charge in [0.2, 0.25) is 10.0 Å². The van der Waals surface area contributed by atoms with E-state index in [4.69, 9.17) is 4.74 Å². The average Bonchev–Trinajstić information content (AvgIpc) is 3.30. The molecule has 1 N–H and O–H groups in total. The molecule has 3 rings (SSSR count). The van der Waals surface area contributed by atoms with Crippen molar-refractivity contribution in [2.24, 2.45) is 0 Å². The molecule has 0 bridgehead atoms. The Balaban J connectivity index is 1.54. The summed E-state index contributed by atoms with van der Waals surface area (Å²) in [5, 5.41) is 2.80. The summed E-state index contributed by atoms with van der Waals surface area (Å²) in [6.07, 6.45) is 8.36. The van der Waals surface area contributed by atoms with Crippen molar-refractivity contribution in [3.05, 3.63) is 41.5 Å². The van der Waals surface area contributed by atoms with Crippen LogP contribution in [-0.2, 0) is 19.6 Å². The van der Waals surface area contributed by atoms with E-state index in [9.17, 15) is 18.0 Å². The molecule has 1 heterocycles. The number of hydrogen-bond acceptors (Lipinski definition) is 5. The Hall–Kier alpha value is -2.19. The fraction of sp³-hybridized carbons (Fsp3) is 0.545. The van der Waals surface area contributed by atoms with Crippen LogP contribution >= 0.6 is 0 Å². The first-order chi connectivity index (χ1) is 14.4. The van der Waals surface area contributed by atoms with Crippen molar-refractivity contribution < 1.29 is 22.7 Å². The molecule has 1 aliphatic carbocycles. The number of carbonyl (C=O) groups excluding carboxylic acids is 2. The highest BCUT2D eigenvalue weighted by atomic mass is 32.2. The van der Waals surface area contributed by atoms with E-state index in [1.54, 1.807) is 0 Å². The first-order valence-electron chi connectivity index (χ1n) is 10.6. The van der Waals surface area contributed by atoms with Crippen molar-refractivity contribution in [3.63, 3.8) is 0 Å². The van der Waals surface area contributed by atoms with Gasteiger partial charge in [0, 0.05) is 19.6 Å². The number of allylic oxidation sites excluding steroid dienone is 1. The molecule has 0 aromatic heterocycles. The van der Waals surface area contributed by atoms with E-state index >= 15 is 0 Å². The maximum Gasteiger partial charge on any atom is 0.338 e. The molecule has 1 fully saturated rings.